The van der Waals surface area contributed by atoms with E-state index in [0.717, 1.165) is 0 Å². The molecule has 1 N–H and O–H groups in total. The van der Waals surface area contributed by atoms with Crippen molar-refractivity contribution < 1.29 is 14.2 Å². The molecule has 2 aromatic carbocycles. The van der Waals surface area contributed by atoms with Crippen LogP contribution in [0.25, 0.3) is 0 Å². The highest BCUT2D eigenvalue weighted by Gasteiger charge is 2.12. The monoisotopic (exact) mass is 324 g/mol. The van der Waals surface area contributed by atoms with Gasteiger partial charge in [0, 0.05) is 16.1 Å². The average molecular weight is 325 g/mol. The Labute approximate surface area is 120 Å². The molecule has 100 valence electrons. The molecule has 0 saturated carbocycles. The third kappa shape index (κ3) is 3.55. The van der Waals surface area contributed by atoms with Crippen LogP contribution in [0, 0.1) is 5.82 Å². The third-order valence-electron chi connectivity index (χ3n) is 2.73. The SMILES string of the molecule is CC[C@@H](O)c1ccccc1Oc1cc(F)cc(Br)c1. The van der Waals surface area contributed by atoms with Gasteiger partial charge >= 0.3 is 0 Å². The summed E-state index contributed by atoms with van der Waals surface area (Å²) in [7, 11) is 0. The smallest absolute Gasteiger partial charge is 0.133 e. The van der Waals surface area contributed by atoms with Crippen LogP contribution in [0.5, 0.6) is 11.5 Å². The van der Waals surface area contributed by atoms with Gasteiger partial charge in [-0.15, -0.1) is 0 Å². The number of para-hydroxylation sites is 1. The molecule has 0 saturated heterocycles. The predicted molar refractivity (Wildman–Crippen MR) is 75.9 cm³/mol. The summed E-state index contributed by atoms with van der Waals surface area (Å²) >= 11 is 3.22. The number of hydrogen-bond donors (Lipinski definition) is 1. The predicted octanol–water partition coefficient (Wildman–Crippen LogP) is 4.82. The van der Waals surface area contributed by atoms with Crippen molar-refractivity contribution in [3.05, 3.63) is 58.3 Å². The molecule has 0 aliphatic carbocycles. The lowest BCUT2D eigenvalue weighted by Crippen LogP contribution is -1.98. The molecule has 0 aliphatic rings. The van der Waals surface area contributed by atoms with E-state index in [-0.39, 0.29) is 5.82 Å². The van der Waals surface area contributed by atoms with Crippen molar-refractivity contribution in [1.29, 1.82) is 0 Å². The van der Waals surface area contributed by atoms with Crippen molar-refractivity contribution in [2.24, 2.45) is 0 Å². The number of aliphatic hydroxyl groups excluding tert-OH is 1. The average Bonchev–Trinajstić information content (AvgIpc) is 2.37. The van der Waals surface area contributed by atoms with Crippen molar-refractivity contribution in [1.82, 2.24) is 0 Å². The Morgan fingerprint density at radius 2 is 2.00 bits per heavy atom. The fraction of sp³-hybridized carbons (Fsp3) is 0.200. The summed E-state index contributed by atoms with van der Waals surface area (Å²) in [6.45, 7) is 1.89. The van der Waals surface area contributed by atoms with Gasteiger partial charge in [0.05, 0.1) is 6.10 Å². The topological polar surface area (TPSA) is 29.5 Å². The van der Waals surface area contributed by atoms with Crippen LogP contribution in [0.3, 0.4) is 0 Å². The van der Waals surface area contributed by atoms with E-state index in [1.165, 1.54) is 12.1 Å². The number of aliphatic hydroxyl groups is 1. The van der Waals surface area contributed by atoms with Crippen LogP contribution in [0.2, 0.25) is 0 Å². The van der Waals surface area contributed by atoms with Gasteiger partial charge < -0.3 is 9.84 Å². The van der Waals surface area contributed by atoms with Crippen molar-refractivity contribution in [2.45, 2.75) is 19.4 Å². The van der Waals surface area contributed by atoms with Gasteiger partial charge in [-0.2, -0.15) is 0 Å². The lowest BCUT2D eigenvalue weighted by Gasteiger charge is -2.14. The van der Waals surface area contributed by atoms with Gasteiger partial charge in [-0.25, -0.2) is 4.39 Å². The molecule has 0 fully saturated rings. The second-order valence-corrected chi connectivity index (χ2v) is 5.08. The molecule has 0 aliphatic heterocycles. The summed E-state index contributed by atoms with van der Waals surface area (Å²) in [6, 6.07) is 11.6. The fourth-order valence-electron chi connectivity index (χ4n) is 1.78. The maximum atomic E-state index is 13.3. The van der Waals surface area contributed by atoms with Crippen molar-refractivity contribution in [3.63, 3.8) is 0 Å². The van der Waals surface area contributed by atoms with Gasteiger partial charge in [0.2, 0.25) is 0 Å². The minimum Gasteiger partial charge on any atom is -0.457 e. The van der Waals surface area contributed by atoms with Gasteiger partial charge in [-0.1, -0.05) is 41.1 Å². The molecular weight excluding hydrogens is 311 g/mol. The van der Waals surface area contributed by atoms with E-state index in [1.807, 2.05) is 19.1 Å². The molecule has 2 nitrogen and oxygen atoms in total. The lowest BCUT2D eigenvalue weighted by atomic mass is 10.1. The van der Waals surface area contributed by atoms with Gasteiger partial charge in [0.15, 0.2) is 0 Å². The first-order chi connectivity index (χ1) is 9.10. The van der Waals surface area contributed by atoms with Gasteiger partial charge in [-0.3, -0.25) is 0 Å². The maximum Gasteiger partial charge on any atom is 0.133 e. The fourth-order valence-corrected chi connectivity index (χ4v) is 2.23. The molecule has 2 rings (SSSR count). The van der Waals surface area contributed by atoms with Crippen molar-refractivity contribution in [3.8, 4) is 11.5 Å². The normalized spacial score (nSPS) is 12.2. The first-order valence-electron chi connectivity index (χ1n) is 6.01. The van der Waals surface area contributed by atoms with E-state index in [2.05, 4.69) is 15.9 Å². The quantitative estimate of drug-likeness (QED) is 0.873. The zero-order valence-electron chi connectivity index (χ0n) is 10.4. The number of benzene rings is 2. The van der Waals surface area contributed by atoms with E-state index in [1.54, 1.807) is 18.2 Å². The Morgan fingerprint density at radius 3 is 2.68 bits per heavy atom. The van der Waals surface area contributed by atoms with Crippen LogP contribution in [0.1, 0.15) is 25.0 Å². The summed E-state index contributed by atoms with van der Waals surface area (Å²) in [4.78, 5) is 0. The van der Waals surface area contributed by atoms with E-state index < -0.39 is 6.10 Å². The highest BCUT2D eigenvalue weighted by Crippen LogP contribution is 2.32. The van der Waals surface area contributed by atoms with Crippen LogP contribution in [-0.2, 0) is 0 Å². The minimum atomic E-state index is -0.590. The summed E-state index contributed by atoms with van der Waals surface area (Å²) < 4.78 is 19.6. The van der Waals surface area contributed by atoms with E-state index >= 15 is 0 Å². The molecule has 0 amide bonds. The number of rotatable bonds is 4. The minimum absolute atomic E-state index is 0.377. The molecule has 0 radical (unpaired) electrons. The highest BCUT2D eigenvalue weighted by atomic mass is 79.9. The molecular formula is C15H14BrFO2. The van der Waals surface area contributed by atoms with Crippen LogP contribution < -0.4 is 4.74 Å². The Bertz CT molecular complexity index is 552. The summed E-state index contributed by atoms with van der Waals surface area (Å²) in [6.07, 6.45) is 0.000865. The van der Waals surface area contributed by atoms with Gasteiger partial charge in [0.1, 0.15) is 17.3 Å². The molecule has 2 aromatic rings. The summed E-state index contributed by atoms with van der Waals surface area (Å²) in [5.41, 5.74) is 0.699. The zero-order valence-corrected chi connectivity index (χ0v) is 12.0. The van der Waals surface area contributed by atoms with Crippen LogP contribution in [-0.4, -0.2) is 5.11 Å². The molecule has 0 heterocycles. The second-order valence-electron chi connectivity index (χ2n) is 4.17. The van der Waals surface area contributed by atoms with Crippen molar-refractivity contribution >= 4 is 15.9 Å². The first kappa shape index (κ1) is 14.0. The van der Waals surface area contributed by atoms with E-state index in [0.29, 0.717) is 28.0 Å². The maximum absolute atomic E-state index is 13.3. The summed E-state index contributed by atoms with van der Waals surface area (Å²) in [5, 5.41) is 9.93. The second kappa shape index (κ2) is 6.17. The Kier molecular flexibility index (Phi) is 4.56. The van der Waals surface area contributed by atoms with Gasteiger partial charge in [-0.05, 0) is 24.6 Å². The summed E-state index contributed by atoms with van der Waals surface area (Å²) in [5.74, 6) is 0.551. The molecule has 0 spiro atoms. The number of ether oxygens (including phenoxy) is 1. The van der Waals surface area contributed by atoms with Crippen LogP contribution in [0.4, 0.5) is 4.39 Å². The van der Waals surface area contributed by atoms with Crippen molar-refractivity contribution in [2.75, 3.05) is 0 Å². The Morgan fingerprint density at radius 1 is 1.26 bits per heavy atom. The van der Waals surface area contributed by atoms with Crippen LogP contribution in [0.15, 0.2) is 46.9 Å². The lowest BCUT2D eigenvalue weighted by molar-refractivity contribution is 0.170. The highest BCUT2D eigenvalue weighted by molar-refractivity contribution is 9.10. The molecule has 0 unspecified atom stereocenters. The Hall–Kier alpha value is -1.39. The number of halogens is 2. The standard InChI is InChI=1S/C15H14BrFO2/c1-2-14(18)13-5-3-4-6-15(13)19-12-8-10(16)7-11(17)9-12/h3-9,14,18H,2H2,1H3/t14-/m1/s1. The van der Waals surface area contributed by atoms with E-state index in [9.17, 15) is 9.50 Å². The Balaban J connectivity index is 2.32. The number of hydrogen-bond acceptors (Lipinski definition) is 2. The largest absolute Gasteiger partial charge is 0.457 e. The molecule has 0 bridgehead atoms. The third-order valence-corrected chi connectivity index (χ3v) is 3.19. The molecule has 4 heteroatoms. The molecule has 1 atom stereocenters. The molecule has 0 aromatic heterocycles. The zero-order chi connectivity index (χ0) is 13.8. The molecule has 19 heavy (non-hydrogen) atoms. The van der Waals surface area contributed by atoms with E-state index in [4.69, 9.17) is 4.74 Å². The van der Waals surface area contributed by atoms with Crippen LogP contribution >= 0.6 is 15.9 Å². The first-order valence-corrected chi connectivity index (χ1v) is 6.80. The van der Waals surface area contributed by atoms with Gasteiger partial charge in [0.25, 0.3) is 0 Å².